The van der Waals surface area contributed by atoms with Crippen LogP contribution < -0.4 is 5.32 Å². The molecule has 0 atom stereocenters. The lowest BCUT2D eigenvalue weighted by Gasteiger charge is -2.07. The first-order chi connectivity index (χ1) is 7.81. The maximum atomic E-state index is 11.7. The number of hydrogen-bond donors (Lipinski definition) is 1. The van der Waals surface area contributed by atoms with E-state index >= 15 is 0 Å². The molecule has 4 nitrogen and oxygen atoms in total. The third-order valence-corrected chi connectivity index (χ3v) is 2.68. The summed E-state index contributed by atoms with van der Waals surface area (Å²) in [4.78, 5) is 11.7. The molecule has 0 fully saturated rings. The summed E-state index contributed by atoms with van der Waals surface area (Å²) >= 11 is 3.36. The van der Waals surface area contributed by atoms with E-state index in [2.05, 4.69) is 30.9 Å². The lowest BCUT2D eigenvalue weighted by molar-refractivity contribution is 0.101. The molecular formula is C11H9BrN2O2. The molecule has 0 aliphatic heterocycles. The second-order valence-electron chi connectivity index (χ2n) is 3.13. The Labute approximate surface area is 101 Å². The van der Waals surface area contributed by atoms with Crippen LogP contribution in [-0.2, 0) is 5.33 Å². The maximum absolute atomic E-state index is 11.7. The number of amides is 1. The van der Waals surface area contributed by atoms with Crippen molar-refractivity contribution in [3.8, 4) is 0 Å². The number of halogens is 1. The van der Waals surface area contributed by atoms with Gasteiger partial charge in [-0.3, -0.25) is 4.79 Å². The van der Waals surface area contributed by atoms with Crippen molar-refractivity contribution in [1.29, 1.82) is 0 Å². The minimum absolute atomic E-state index is 0.268. The predicted octanol–water partition coefficient (Wildman–Crippen LogP) is 2.82. The molecule has 0 bridgehead atoms. The van der Waals surface area contributed by atoms with Crippen molar-refractivity contribution in [3.05, 3.63) is 47.9 Å². The lowest BCUT2D eigenvalue weighted by Crippen LogP contribution is -2.13. The van der Waals surface area contributed by atoms with Crippen molar-refractivity contribution in [1.82, 2.24) is 5.16 Å². The number of nitrogens with zero attached hydrogens (tertiary/aromatic N) is 1. The van der Waals surface area contributed by atoms with Crippen molar-refractivity contribution >= 4 is 27.5 Å². The highest BCUT2D eigenvalue weighted by atomic mass is 79.9. The Bertz CT molecular complexity index is 482. The summed E-state index contributed by atoms with van der Waals surface area (Å²) in [5.74, 6) is -0.276. The molecule has 1 aromatic heterocycles. The molecular weight excluding hydrogens is 272 g/mol. The van der Waals surface area contributed by atoms with E-state index in [4.69, 9.17) is 0 Å². The van der Waals surface area contributed by atoms with Crippen LogP contribution in [0.4, 0.5) is 5.69 Å². The fourth-order valence-corrected chi connectivity index (χ4v) is 1.76. The summed E-state index contributed by atoms with van der Waals surface area (Å²) in [6, 6.07) is 9.08. The monoisotopic (exact) mass is 280 g/mol. The first kappa shape index (κ1) is 10.9. The molecule has 1 amide bonds. The third-order valence-electron chi connectivity index (χ3n) is 2.08. The molecule has 2 rings (SSSR count). The molecule has 1 N–H and O–H groups in total. The van der Waals surface area contributed by atoms with Crippen LogP contribution in [-0.4, -0.2) is 11.1 Å². The summed E-state index contributed by atoms with van der Waals surface area (Å²) in [6.45, 7) is 0. The molecule has 0 radical (unpaired) electrons. The normalized spacial score (nSPS) is 10.1. The van der Waals surface area contributed by atoms with Crippen molar-refractivity contribution in [2.24, 2.45) is 0 Å². The Balaban J connectivity index is 2.18. The van der Waals surface area contributed by atoms with Crippen molar-refractivity contribution in [3.63, 3.8) is 0 Å². The summed E-state index contributed by atoms with van der Waals surface area (Å²) in [7, 11) is 0. The van der Waals surface area contributed by atoms with Crippen molar-refractivity contribution in [2.45, 2.75) is 5.33 Å². The number of anilines is 1. The summed E-state index contributed by atoms with van der Waals surface area (Å²) in [5.41, 5.74) is 2.05. The van der Waals surface area contributed by atoms with Crippen molar-refractivity contribution < 1.29 is 9.32 Å². The molecule has 0 unspecified atom stereocenters. The number of carbonyl (C=O) groups is 1. The average Bonchev–Trinajstić information content (AvgIpc) is 2.83. The van der Waals surface area contributed by atoms with E-state index in [9.17, 15) is 4.79 Å². The van der Waals surface area contributed by atoms with Gasteiger partial charge in [-0.2, -0.15) is 0 Å². The molecule has 16 heavy (non-hydrogen) atoms. The van der Waals surface area contributed by atoms with Crippen LogP contribution in [0.15, 0.2) is 41.1 Å². The standard InChI is InChI=1S/C11H9BrN2O2/c12-7-8-3-1-2-4-9(8)13-11(15)10-5-6-16-14-10/h1-6H,7H2,(H,13,15). The zero-order chi connectivity index (χ0) is 11.4. The molecule has 1 heterocycles. The van der Waals surface area contributed by atoms with Crippen LogP contribution in [0.2, 0.25) is 0 Å². The van der Waals surface area contributed by atoms with E-state index in [1.165, 1.54) is 12.3 Å². The number of carbonyl (C=O) groups excluding carboxylic acids is 1. The van der Waals surface area contributed by atoms with Crippen LogP contribution in [0.1, 0.15) is 16.1 Å². The number of benzene rings is 1. The molecule has 0 saturated carbocycles. The molecule has 0 spiro atoms. The maximum Gasteiger partial charge on any atom is 0.277 e. The highest BCUT2D eigenvalue weighted by Gasteiger charge is 2.10. The molecule has 0 saturated heterocycles. The van der Waals surface area contributed by atoms with Crippen LogP contribution >= 0.6 is 15.9 Å². The highest BCUT2D eigenvalue weighted by Crippen LogP contribution is 2.18. The minimum atomic E-state index is -0.276. The molecule has 1 aromatic carbocycles. The van der Waals surface area contributed by atoms with Crippen LogP contribution in [0.5, 0.6) is 0 Å². The first-order valence-electron chi connectivity index (χ1n) is 4.67. The summed E-state index contributed by atoms with van der Waals surface area (Å²) in [6.07, 6.45) is 1.37. The topological polar surface area (TPSA) is 55.1 Å². The Kier molecular flexibility index (Phi) is 3.36. The fourth-order valence-electron chi connectivity index (χ4n) is 1.27. The number of hydrogen-bond acceptors (Lipinski definition) is 3. The quantitative estimate of drug-likeness (QED) is 0.880. The molecule has 0 aliphatic rings. The van der Waals surface area contributed by atoms with Crippen molar-refractivity contribution in [2.75, 3.05) is 5.32 Å². The smallest absolute Gasteiger partial charge is 0.277 e. The van der Waals surface area contributed by atoms with Gasteiger partial charge in [-0.1, -0.05) is 39.3 Å². The fraction of sp³-hybridized carbons (Fsp3) is 0.0909. The van der Waals surface area contributed by atoms with Crippen LogP contribution in [0.25, 0.3) is 0 Å². The second-order valence-corrected chi connectivity index (χ2v) is 3.69. The van der Waals surface area contributed by atoms with Gasteiger partial charge in [0, 0.05) is 17.1 Å². The van der Waals surface area contributed by atoms with Gasteiger partial charge in [0.2, 0.25) is 0 Å². The summed E-state index contributed by atoms with van der Waals surface area (Å²) < 4.78 is 4.61. The molecule has 0 aliphatic carbocycles. The third kappa shape index (κ3) is 2.30. The van der Waals surface area contributed by atoms with Gasteiger partial charge >= 0.3 is 0 Å². The average molecular weight is 281 g/mol. The molecule has 82 valence electrons. The number of para-hydroxylation sites is 1. The Hall–Kier alpha value is -1.62. The van der Waals surface area contributed by atoms with Gasteiger partial charge in [-0.05, 0) is 11.6 Å². The largest absolute Gasteiger partial charge is 0.364 e. The van der Waals surface area contributed by atoms with E-state index < -0.39 is 0 Å². The first-order valence-corrected chi connectivity index (χ1v) is 5.79. The van der Waals surface area contributed by atoms with Gasteiger partial charge < -0.3 is 9.84 Å². The number of alkyl halides is 1. The Morgan fingerprint density at radius 1 is 1.38 bits per heavy atom. The summed E-state index contributed by atoms with van der Waals surface area (Å²) in [5, 5.41) is 7.02. The van der Waals surface area contributed by atoms with Gasteiger partial charge in [-0.15, -0.1) is 0 Å². The lowest BCUT2D eigenvalue weighted by atomic mass is 10.2. The van der Waals surface area contributed by atoms with Gasteiger partial charge in [0.15, 0.2) is 5.69 Å². The van der Waals surface area contributed by atoms with Gasteiger partial charge in [0.25, 0.3) is 5.91 Å². The van der Waals surface area contributed by atoms with E-state index in [1.807, 2.05) is 24.3 Å². The van der Waals surface area contributed by atoms with Crippen LogP contribution in [0.3, 0.4) is 0 Å². The SMILES string of the molecule is O=C(Nc1ccccc1CBr)c1ccon1. The minimum Gasteiger partial charge on any atom is -0.364 e. The number of nitrogens with one attached hydrogen (secondary N) is 1. The van der Waals surface area contributed by atoms with E-state index in [1.54, 1.807) is 0 Å². The highest BCUT2D eigenvalue weighted by molar-refractivity contribution is 9.08. The molecule has 2 aromatic rings. The zero-order valence-corrected chi connectivity index (χ0v) is 9.90. The van der Waals surface area contributed by atoms with E-state index in [-0.39, 0.29) is 11.6 Å². The van der Waals surface area contributed by atoms with E-state index in [0.717, 1.165) is 11.3 Å². The zero-order valence-electron chi connectivity index (χ0n) is 8.31. The predicted molar refractivity (Wildman–Crippen MR) is 63.5 cm³/mol. The second kappa shape index (κ2) is 4.94. The van der Waals surface area contributed by atoms with Crippen LogP contribution in [0, 0.1) is 0 Å². The van der Waals surface area contributed by atoms with E-state index in [0.29, 0.717) is 5.33 Å². The van der Waals surface area contributed by atoms with Gasteiger partial charge in [-0.25, -0.2) is 0 Å². The Morgan fingerprint density at radius 2 is 2.19 bits per heavy atom. The Morgan fingerprint density at radius 3 is 2.88 bits per heavy atom. The number of aromatic nitrogens is 1. The van der Waals surface area contributed by atoms with Gasteiger partial charge in [0.1, 0.15) is 6.26 Å². The molecule has 5 heteroatoms. The van der Waals surface area contributed by atoms with Gasteiger partial charge in [0.05, 0.1) is 0 Å². The number of rotatable bonds is 3.